The highest BCUT2D eigenvalue weighted by atomic mass is 28.4. The van der Waals surface area contributed by atoms with Gasteiger partial charge in [0.05, 0.1) is 7.11 Å². The summed E-state index contributed by atoms with van der Waals surface area (Å²) >= 11 is 0. The number of rotatable bonds is 9. The van der Waals surface area contributed by atoms with Crippen molar-refractivity contribution in [2.24, 2.45) is 5.92 Å². The van der Waals surface area contributed by atoms with Crippen LogP contribution in [-0.4, -0.2) is 29.7 Å². The molecule has 0 aromatic heterocycles. The van der Waals surface area contributed by atoms with Crippen LogP contribution < -0.4 is 9.47 Å². The van der Waals surface area contributed by atoms with Gasteiger partial charge in [-0.15, -0.1) is 0 Å². The zero-order valence-electron chi connectivity index (χ0n) is 20.5. The minimum Gasteiger partial charge on any atom is -0.497 e. The topological polar surface area (TPSA) is 44.8 Å². The van der Waals surface area contributed by atoms with Crippen molar-refractivity contribution in [3.05, 3.63) is 59.7 Å². The van der Waals surface area contributed by atoms with Gasteiger partial charge in [0, 0.05) is 12.3 Å². The number of ether oxygens (including phenoxy) is 2. The van der Waals surface area contributed by atoms with E-state index in [9.17, 15) is 4.79 Å². The van der Waals surface area contributed by atoms with Crippen LogP contribution in [0.5, 0.6) is 11.5 Å². The number of hydrogen-bond donors (Lipinski definition) is 0. The van der Waals surface area contributed by atoms with E-state index >= 15 is 0 Å². The first-order chi connectivity index (χ1) is 14.3. The van der Waals surface area contributed by atoms with Crippen molar-refractivity contribution in [1.82, 2.24) is 0 Å². The molecule has 0 spiro atoms. The van der Waals surface area contributed by atoms with E-state index < -0.39 is 16.6 Å². The van der Waals surface area contributed by atoms with Gasteiger partial charge in [0.1, 0.15) is 11.5 Å². The second-order valence-corrected chi connectivity index (χ2v) is 19.1. The lowest BCUT2D eigenvalue weighted by molar-refractivity contribution is -0.131. The highest BCUT2D eigenvalue weighted by molar-refractivity contribution is 6.84. The van der Waals surface area contributed by atoms with Crippen molar-refractivity contribution < 1.29 is 18.4 Å². The van der Waals surface area contributed by atoms with E-state index in [0.717, 1.165) is 11.8 Å². The van der Waals surface area contributed by atoms with E-state index in [1.807, 2.05) is 24.3 Å². The van der Waals surface area contributed by atoms with E-state index in [0.29, 0.717) is 11.7 Å². The van der Waals surface area contributed by atoms with Gasteiger partial charge >= 0.3 is 5.97 Å². The number of benzene rings is 2. The molecular formula is C25H38O4Si2. The predicted octanol–water partition coefficient (Wildman–Crippen LogP) is 6.62. The molecule has 0 fully saturated rings. The molecule has 2 unspecified atom stereocenters. The van der Waals surface area contributed by atoms with E-state index in [1.54, 1.807) is 7.11 Å². The summed E-state index contributed by atoms with van der Waals surface area (Å²) in [6, 6.07) is 17.3. The van der Waals surface area contributed by atoms with Crippen molar-refractivity contribution in [1.29, 1.82) is 0 Å². The van der Waals surface area contributed by atoms with E-state index in [2.05, 4.69) is 70.8 Å². The zero-order valence-corrected chi connectivity index (χ0v) is 22.5. The third-order valence-corrected chi connectivity index (χ3v) is 12.0. The molecule has 0 saturated heterocycles. The van der Waals surface area contributed by atoms with Crippen molar-refractivity contribution in [2.45, 2.75) is 65.0 Å². The van der Waals surface area contributed by atoms with Crippen LogP contribution in [0.15, 0.2) is 48.5 Å². The van der Waals surface area contributed by atoms with Crippen LogP contribution in [-0.2, 0) is 14.3 Å². The number of hydrogen-bond acceptors (Lipinski definition) is 4. The molecule has 0 aliphatic heterocycles. The number of methoxy groups -OCH3 is 1. The molecule has 0 amide bonds. The summed E-state index contributed by atoms with van der Waals surface area (Å²) in [4.78, 5) is 11.3. The van der Waals surface area contributed by atoms with E-state index in [4.69, 9.17) is 13.6 Å². The Morgan fingerprint density at radius 1 is 0.903 bits per heavy atom. The Morgan fingerprint density at radius 2 is 1.35 bits per heavy atom. The molecule has 0 aliphatic carbocycles. The fraction of sp³-hybridized carbons (Fsp3) is 0.480. The SMILES string of the molecule is COc1ccc(C(C)(c2ccc(OC(C)=O)cc2)C(C)C[Si](C)(C)O[Si](C)(C)C)cc1. The molecule has 2 rings (SSSR count). The molecule has 4 nitrogen and oxygen atoms in total. The van der Waals surface area contributed by atoms with Crippen molar-refractivity contribution in [3.63, 3.8) is 0 Å². The lowest BCUT2D eigenvalue weighted by atomic mass is 9.68. The Balaban J connectivity index is 2.47. The number of carbonyl (C=O) groups excluding carboxylic acids is 1. The Kier molecular flexibility index (Phi) is 7.95. The quantitative estimate of drug-likeness (QED) is 0.241. The minimum absolute atomic E-state index is 0.228. The largest absolute Gasteiger partial charge is 0.497 e. The first-order valence-electron chi connectivity index (χ1n) is 10.9. The third-order valence-electron chi connectivity index (χ3n) is 5.77. The molecule has 0 bridgehead atoms. The van der Waals surface area contributed by atoms with Gasteiger partial charge in [-0.05, 0) is 80.1 Å². The van der Waals surface area contributed by atoms with Gasteiger partial charge in [-0.1, -0.05) is 38.1 Å². The van der Waals surface area contributed by atoms with Gasteiger partial charge in [0.2, 0.25) is 0 Å². The van der Waals surface area contributed by atoms with Crippen molar-refractivity contribution >= 4 is 22.6 Å². The van der Waals surface area contributed by atoms with Crippen LogP contribution >= 0.6 is 0 Å². The maximum atomic E-state index is 11.3. The van der Waals surface area contributed by atoms with Crippen LogP contribution in [0, 0.1) is 5.92 Å². The maximum absolute atomic E-state index is 11.3. The maximum Gasteiger partial charge on any atom is 0.308 e. The van der Waals surface area contributed by atoms with E-state index in [1.165, 1.54) is 18.1 Å². The average molecular weight is 459 g/mol. The molecule has 2 atom stereocenters. The molecule has 31 heavy (non-hydrogen) atoms. The summed E-state index contributed by atoms with van der Waals surface area (Å²) in [7, 11) is -1.79. The second kappa shape index (κ2) is 9.71. The number of esters is 1. The Bertz CT molecular complexity index is 870. The van der Waals surface area contributed by atoms with Crippen LogP contribution in [0.4, 0.5) is 0 Å². The fourth-order valence-corrected chi connectivity index (χ4v) is 13.4. The Hall–Kier alpha value is -1.90. The molecule has 2 aromatic rings. The first-order valence-corrected chi connectivity index (χ1v) is 17.4. The molecule has 2 aromatic carbocycles. The van der Waals surface area contributed by atoms with Crippen LogP contribution in [0.25, 0.3) is 0 Å². The lowest BCUT2D eigenvalue weighted by Crippen LogP contribution is -2.46. The Labute approximate surface area is 190 Å². The monoisotopic (exact) mass is 458 g/mol. The molecule has 6 heteroatoms. The Morgan fingerprint density at radius 3 is 1.74 bits per heavy atom. The zero-order chi connectivity index (χ0) is 23.4. The summed E-state index contributed by atoms with van der Waals surface area (Å²) in [6.45, 7) is 17.5. The third kappa shape index (κ3) is 6.79. The molecule has 0 radical (unpaired) electrons. The standard InChI is InChI=1S/C25H38O4Si2/c1-19(18-31(8,9)29-30(5,6)7)25(3,21-10-14-23(27-4)15-11-21)22-12-16-24(17-13-22)28-20(2)26/h10-17,19H,18H2,1-9H3. The summed E-state index contributed by atoms with van der Waals surface area (Å²) < 4.78 is 17.3. The molecule has 0 aliphatic rings. The number of carbonyl (C=O) groups is 1. The molecule has 0 N–H and O–H groups in total. The van der Waals surface area contributed by atoms with Gasteiger partial charge in [0.15, 0.2) is 16.6 Å². The van der Waals surface area contributed by atoms with Crippen molar-refractivity contribution in [3.8, 4) is 11.5 Å². The molecule has 0 heterocycles. The van der Waals surface area contributed by atoms with Gasteiger partial charge in [-0.2, -0.15) is 0 Å². The minimum atomic E-state index is -1.86. The van der Waals surface area contributed by atoms with Crippen LogP contribution in [0.1, 0.15) is 31.9 Å². The van der Waals surface area contributed by atoms with E-state index in [-0.39, 0.29) is 11.4 Å². The summed E-state index contributed by atoms with van der Waals surface area (Å²) in [5.74, 6) is 1.45. The summed E-state index contributed by atoms with van der Waals surface area (Å²) in [5, 5.41) is 0. The normalized spacial score (nSPS) is 15.1. The van der Waals surface area contributed by atoms with Gasteiger partial charge in [0.25, 0.3) is 0 Å². The lowest BCUT2D eigenvalue weighted by Gasteiger charge is -2.42. The average Bonchev–Trinajstić information content (AvgIpc) is 2.65. The highest BCUT2D eigenvalue weighted by Gasteiger charge is 2.40. The predicted molar refractivity (Wildman–Crippen MR) is 133 cm³/mol. The molecule has 170 valence electrons. The molecular weight excluding hydrogens is 420 g/mol. The van der Waals surface area contributed by atoms with Crippen molar-refractivity contribution in [2.75, 3.05) is 7.11 Å². The van der Waals surface area contributed by atoms with Crippen LogP contribution in [0.2, 0.25) is 38.8 Å². The summed E-state index contributed by atoms with van der Waals surface area (Å²) in [6.07, 6.45) is 0. The fourth-order valence-electron chi connectivity index (χ4n) is 4.52. The molecule has 0 saturated carbocycles. The van der Waals surface area contributed by atoms with Gasteiger partial charge in [-0.3, -0.25) is 4.79 Å². The van der Waals surface area contributed by atoms with Gasteiger partial charge < -0.3 is 13.6 Å². The smallest absolute Gasteiger partial charge is 0.308 e. The van der Waals surface area contributed by atoms with Gasteiger partial charge in [-0.25, -0.2) is 0 Å². The van der Waals surface area contributed by atoms with Crippen LogP contribution in [0.3, 0.4) is 0 Å². The second-order valence-electron chi connectivity index (χ2n) is 10.1. The summed E-state index contributed by atoms with van der Waals surface area (Å²) in [5.41, 5.74) is 2.20. The first kappa shape index (κ1) is 25.4. The highest BCUT2D eigenvalue weighted by Crippen LogP contribution is 2.44.